The molecule has 2 heterocycles. The van der Waals surface area contributed by atoms with Crippen LogP contribution in [0.3, 0.4) is 0 Å². The van der Waals surface area contributed by atoms with Crippen LogP contribution in [0.4, 0.5) is 0 Å². The zero-order chi connectivity index (χ0) is 15.5. The van der Waals surface area contributed by atoms with Gasteiger partial charge in [0.05, 0.1) is 11.7 Å². The van der Waals surface area contributed by atoms with Gasteiger partial charge in [-0.05, 0) is 45.1 Å². The number of hydrogen-bond donors (Lipinski definition) is 2. The van der Waals surface area contributed by atoms with Crippen LogP contribution in [0.1, 0.15) is 32.6 Å². The van der Waals surface area contributed by atoms with Crippen LogP contribution in [-0.2, 0) is 14.8 Å². The van der Waals surface area contributed by atoms with Crippen LogP contribution in [0.15, 0.2) is 0 Å². The number of nitrogens with one attached hydrogen (secondary N) is 2. The zero-order valence-corrected chi connectivity index (χ0v) is 15.1. The third-order valence-corrected chi connectivity index (χ3v) is 5.25. The first-order valence-corrected chi connectivity index (χ1v) is 9.64. The van der Waals surface area contributed by atoms with E-state index in [-0.39, 0.29) is 29.6 Å². The Kier molecular flexibility index (Phi) is 7.11. The quantitative estimate of drug-likeness (QED) is 0.775. The number of hydrogen-bond acceptors (Lipinski definition) is 4. The predicted molar refractivity (Wildman–Crippen MR) is 89.6 cm³/mol. The summed E-state index contributed by atoms with van der Waals surface area (Å²) in [6.45, 7) is 5.66. The van der Waals surface area contributed by atoms with E-state index in [1.165, 1.54) is 6.26 Å². The van der Waals surface area contributed by atoms with E-state index >= 15 is 0 Å². The third kappa shape index (κ3) is 5.37. The molecule has 2 saturated heterocycles. The lowest BCUT2D eigenvalue weighted by atomic mass is 9.80. The number of carbonyl (C=O) groups excluding carboxylic acids is 1. The maximum Gasteiger partial charge on any atom is 0.229 e. The molecule has 2 aliphatic heterocycles. The number of carbonyl (C=O) groups is 1. The fourth-order valence-electron chi connectivity index (χ4n) is 3.31. The summed E-state index contributed by atoms with van der Waals surface area (Å²) < 4.78 is 24.9. The zero-order valence-electron chi connectivity index (χ0n) is 13.4. The van der Waals surface area contributed by atoms with Gasteiger partial charge in [-0.25, -0.2) is 13.1 Å². The second-order valence-electron chi connectivity index (χ2n) is 6.72. The van der Waals surface area contributed by atoms with Crippen molar-refractivity contribution in [2.24, 2.45) is 11.3 Å². The van der Waals surface area contributed by atoms with Crippen LogP contribution in [0.2, 0.25) is 0 Å². The van der Waals surface area contributed by atoms with Crippen LogP contribution in [0.5, 0.6) is 0 Å². The van der Waals surface area contributed by atoms with Gasteiger partial charge in [0.15, 0.2) is 0 Å². The molecule has 1 amide bonds. The van der Waals surface area contributed by atoms with E-state index in [2.05, 4.69) is 10.0 Å². The first-order valence-electron chi connectivity index (χ1n) is 7.75. The van der Waals surface area contributed by atoms with E-state index in [1.54, 1.807) is 0 Å². The molecule has 0 aromatic rings. The highest BCUT2D eigenvalue weighted by molar-refractivity contribution is 7.88. The van der Waals surface area contributed by atoms with Gasteiger partial charge in [0.25, 0.3) is 0 Å². The molecule has 0 saturated carbocycles. The molecule has 0 aromatic heterocycles. The fraction of sp³-hybridized carbons (Fsp3) is 0.929. The normalized spacial score (nSPS) is 29.7. The number of piperidine rings is 2. The van der Waals surface area contributed by atoms with Crippen molar-refractivity contribution in [3.05, 3.63) is 0 Å². The molecule has 0 bridgehead atoms. The predicted octanol–water partition coefficient (Wildman–Crippen LogP) is 0.586. The van der Waals surface area contributed by atoms with Crippen molar-refractivity contribution in [3.8, 4) is 0 Å². The van der Waals surface area contributed by atoms with E-state index in [9.17, 15) is 13.2 Å². The Morgan fingerprint density at radius 1 is 1.41 bits per heavy atom. The minimum absolute atomic E-state index is 0. The number of halogens is 1. The summed E-state index contributed by atoms with van der Waals surface area (Å²) in [5, 5.41) is 3.31. The highest BCUT2D eigenvalue weighted by atomic mass is 35.5. The monoisotopic (exact) mass is 353 g/mol. The molecule has 2 rings (SSSR count). The number of likely N-dealkylation sites (tertiary alicyclic amines) is 1. The Morgan fingerprint density at radius 2 is 2.14 bits per heavy atom. The molecular formula is C14H28ClN3O3S. The van der Waals surface area contributed by atoms with Crippen molar-refractivity contribution in [2.75, 3.05) is 39.0 Å². The molecule has 2 N–H and O–H groups in total. The second-order valence-corrected chi connectivity index (χ2v) is 8.55. The molecule has 0 aromatic carbocycles. The van der Waals surface area contributed by atoms with Gasteiger partial charge in [0.2, 0.25) is 15.9 Å². The van der Waals surface area contributed by atoms with Gasteiger partial charge in [0.1, 0.15) is 0 Å². The summed E-state index contributed by atoms with van der Waals surface area (Å²) in [5.41, 5.74) is -0.301. The molecule has 22 heavy (non-hydrogen) atoms. The second kappa shape index (κ2) is 7.95. The van der Waals surface area contributed by atoms with Gasteiger partial charge in [-0.2, -0.15) is 0 Å². The van der Waals surface area contributed by atoms with Gasteiger partial charge in [-0.15, -0.1) is 12.4 Å². The van der Waals surface area contributed by atoms with Crippen LogP contribution in [0, 0.1) is 11.3 Å². The first-order chi connectivity index (χ1) is 9.80. The smallest absolute Gasteiger partial charge is 0.229 e. The van der Waals surface area contributed by atoms with Gasteiger partial charge in [-0.1, -0.05) is 0 Å². The Morgan fingerprint density at radius 3 is 2.73 bits per heavy atom. The number of amides is 1. The van der Waals surface area contributed by atoms with Gasteiger partial charge >= 0.3 is 0 Å². The third-order valence-electron chi connectivity index (χ3n) is 4.55. The van der Waals surface area contributed by atoms with Gasteiger partial charge < -0.3 is 10.2 Å². The molecular weight excluding hydrogens is 326 g/mol. The maximum atomic E-state index is 12.8. The van der Waals surface area contributed by atoms with Crippen molar-refractivity contribution in [1.29, 1.82) is 0 Å². The molecule has 0 spiro atoms. The summed E-state index contributed by atoms with van der Waals surface area (Å²) in [6, 6.07) is 0. The van der Waals surface area contributed by atoms with Crippen LogP contribution >= 0.6 is 12.4 Å². The van der Waals surface area contributed by atoms with Gasteiger partial charge in [-0.3, -0.25) is 4.79 Å². The Bertz CT molecular complexity index is 478. The van der Waals surface area contributed by atoms with E-state index < -0.39 is 10.0 Å². The Hall–Kier alpha value is -0.370. The highest BCUT2D eigenvalue weighted by Crippen LogP contribution is 2.30. The molecule has 0 radical (unpaired) electrons. The van der Waals surface area contributed by atoms with Crippen molar-refractivity contribution in [2.45, 2.75) is 32.6 Å². The molecule has 2 unspecified atom stereocenters. The summed E-state index contributed by atoms with van der Waals surface area (Å²) in [6.07, 6.45) is 5.07. The van der Waals surface area contributed by atoms with E-state index in [4.69, 9.17) is 0 Å². The number of nitrogens with zero attached hydrogens (tertiary/aromatic N) is 1. The maximum absolute atomic E-state index is 12.8. The molecule has 2 aliphatic rings. The largest absolute Gasteiger partial charge is 0.342 e. The molecule has 6 nitrogen and oxygen atoms in total. The molecule has 130 valence electrons. The minimum atomic E-state index is -3.16. The van der Waals surface area contributed by atoms with Crippen molar-refractivity contribution >= 4 is 28.3 Å². The Balaban J connectivity index is 0.00000242. The first kappa shape index (κ1) is 19.7. The number of rotatable bonds is 4. The lowest BCUT2D eigenvalue weighted by molar-refractivity contribution is -0.144. The summed E-state index contributed by atoms with van der Waals surface area (Å²) in [5.74, 6) is 0.441. The van der Waals surface area contributed by atoms with Crippen molar-refractivity contribution < 1.29 is 13.2 Å². The van der Waals surface area contributed by atoms with E-state index in [0.29, 0.717) is 13.1 Å². The standard InChI is InChI=1S/C14H27N3O3S.ClH/c1-14(6-4-7-15-11-14)13(18)17-8-3-5-12(10-17)9-16-21(2,19)20;/h12,15-16H,3-11H2,1-2H3;1H. The average Bonchev–Trinajstić information content (AvgIpc) is 2.45. The molecule has 0 aliphatic carbocycles. The topological polar surface area (TPSA) is 78.5 Å². The molecule has 2 fully saturated rings. The number of sulfonamides is 1. The Labute approximate surface area is 139 Å². The minimum Gasteiger partial charge on any atom is -0.342 e. The van der Waals surface area contributed by atoms with Crippen LogP contribution < -0.4 is 10.0 Å². The summed E-state index contributed by atoms with van der Waals surface area (Å²) >= 11 is 0. The summed E-state index contributed by atoms with van der Waals surface area (Å²) in [7, 11) is -3.16. The van der Waals surface area contributed by atoms with Crippen LogP contribution in [0.25, 0.3) is 0 Å². The molecule has 8 heteroatoms. The van der Waals surface area contributed by atoms with Gasteiger partial charge in [0, 0.05) is 26.2 Å². The summed E-state index contributed by atoms with van der Waals surface area (Å²) in [4.78, 5) is 14.7. The van der Waals surface area contributed by atoms with Crippen molar-refractivity contribution in [1.82, 2.24) is 14.9 Å². The van der Waals surface area contributed by atoms with E-state index in [0.717, 1.165) is 45.3 Å². The fourth-order valence-corrected chi connectivity index (χ4v) is 3.84. The SMILES string of the molecule is CC1(C(=O)N2CCCC(CNS(C)(=O)=O)C2)CCCNC1.Cl. The lowest BCUT2D eigenvalue weighted by Crippen LogP contribution is -2.53. The van der Waals surface area contributed by atoms with Crippen molar-refractivity contribution in [3.63, 3.8) is 0 Å². The lowest BCUT2D eigenvalue weighted by Gasteiger charge is -2.41. The average molecular weight is 354 g/mol. The highest BCUT2D eigenvalue weighted by Gasteiger charge is 2.39. The van der Waals surface area contributed by atoms with Crippen LogP contribution in [-0.4, -0.2) is 58.2 Å². The van der Waals surface area contributed by atoms with E-state index in [1.807, 2.05) is 11.8 Å². The molecule has 2 atom stereocenters.